The van der Waals surface area contributed by atoms with Gasteiger partial charge in [-0.05, 0) is 29.6 Å². The molecule has 0 unspecified atom stereocenters. The molecule has 2 aromatic heterocycles. The van der Waals surface area contributed by atoms with Gasteiger partial charge in [-0.25, -0.2) is 4.98 Å². The van der Waals surface area contributed by atoms with Crippen molar-refractivity contribution >= 4 is 34.1 Å². The maximum Gasteiger partial charge on any atom is 0.203 e. The average molecular weight is 243 g/mol. The first-order chi connectivity index (χ1) is 8.24. The van der Waals surface area contributed by atoms with E-state index < -0.39 is 0 Å². The molecule has 0 spiro atoms. The monoisotopic (exact) mass is 243 g/mol. The van der Waals surface area contributed by atoms with E-state index in [2.05, 4.69) is 9.97 Å². The van der Waals surface area contributed by atoms with Crippen LogP contribution in [0.3, 0.4) is 0 Å². The number of aromatic nitrogens is 2. The van der Waals surface area contributed by atoms with Crippen molar-refractivity contribution in [2.45, 2.75) is 0 Å². The number of aromatic amines is 1. The fraction of sp³-hybridized carbons (Fsp3) is 0. The van der Waals surface area contributed by atoms with Crippen LogP contribution in [0.4, 0.5) is 5.95 Å². The number of nitrogens with two attached hydrogens (primary N) is 1. The van der Waals surface area contributed by atoms with Gasteiger partial charge in [0.15, 0.2) is 5.95 Å². The number of nitrogens with zero attached hydrogens (tertiary/aromatic N) is 1. The number of H-pyrrole nitrogens is 1. The first-order valence-electron chi connectivity index (χ1n) is 5.07. The molecule has 3 N–H and O–H groups in total. The third-order valence-corrected chi connectivity index (χ3v) is 3.38. The lowest BCUT2D eigenvalue weighted by Gasteiger charge is -1.97. The molecule has 5 heteroatoms. The summed E-state index contributed by atoms with van der Waals surface area (Å²) in [5, 5.41) is 1.89. The first-order valence-corrected chi connectivity index (χ1v) is 5.95. The van der Waals surface area contributed by atoms with E-state index in [0.717, 1.165) is 15.9 Å². The largest absolute Gasteiger partial charge is 0.369 e. The predicted octanol–water partition coefficient (Wildman–Crippen LogP) is 2.44. The smallest absolute Gasteiger partial charge is 0.203 e. The molecule has 4 nitrogen and oxygen atoms in total. The van der Waals surface area contributed by atoms with Gasteiger partial charge >= 0.3 is 0 Å². The predicted molar refractivity (Wildman–Crippen MR) is 68.3 cm³/mol. The van der Waals surface area contributed by atoms with E-state index in [1.807, 2.05) is 17.5 Å². The maximum atomic E-state index is 12.1. The van der Waals surface area contributed by atoms with Crippen LogP contribution in [0.15, 0.2) is 35.7 Å². The summed E-state index contributed by atoms with van der Waals surface area (Å²) in [5.41, 5.74) is 7.76. The van der Waals surface area contributed by atoms with Crippen molar-refractivity contribution in [3.8, 4) is 0 Å². The van der Waals surface area contributed by atoms with Gasteiger partial charge in [-0.3, -0.25) is 4.79 Å². The van der Waals surface area contributed by atoms with Crippen LogP contribution in [0.25, 0.3) is 11.0 Å². The quantitative estimate of drug-likeness (QED) is 0.679. The van der Waals surface area contributed by atoms with Crippen LogP contribution in [0.5, 0.6) is 0 Å². The van der Waals surface area contributed by atoms with E-state index in [4.69, 9.17) is 5.73 Å². The Hall–Kier alpha value is -2.14. The second-order valence-corrected chi connectivity index (χ2v) is 4.61. The summed E-state index contributed by atoms with van der Waals surface area (Å²) in [6.07, 6.45) is 0. The molecular weight excluding hydrogens is 234 g/mol. The molecule has 0 radical (unpaired) electrons. The lowest BCUT2D eigenvalue weighted by atomic mass is 10.1. The summed E-state index contributed by atoms with van der Waals surface area (Å²) >= 11 is 1.44. The molecular formula is C12H9N3OS. The molecule has 3 aromatic rings. The highest BCUT2D eigenvalue weighted by molar-refractivity contribution is 7.12. The van der Waals surface area contributed by atoms with Crippen LogP contribution in [-0.2, 0) is 0 Å². The van der Waals surface area contributed by atoms with Crippen LogP contribution in [0.1, 0.15) is 15.2 Å². The molecule has 0 atom stereocenters. The Kier molecular flexibility index (Phi) is 2.19. The van der Waals surface area contributed by atoms with Gasteiger partial charge in [-0.1, -0.05) is 6.07 Å². The number of hydrogen-bond acceptors (Lipinski definition) is 4. The molecule has 0 saturated heterocycles. The van der Waals surface area contributed by atoms with Gasteiger partial charge in [0.1, 0.15) is 0 Å². The molecule has 0 saturated carbocycles. The SMILES string of the molecule is Nc1nc2ccc(C(=O)c3cccs3)cc2[nH]1. The Morgan fingerprint density at radius 1 is 1.35 bits per heavy atom. The molecule has 0 aliphatic rings. The van der Waals surface area contributed by atoms with E-state index in [0.29, 0.717) is 11.5 Å². The number of benzene rings is 1. The Bertz CT molecular complexity index is 685. The number of nitrogen functional groups attached to an aromatic ring is 1. The minimum atomic E-state index is 0.0232. The summed E-state index contributed by atoms with van der Waals surface area (Å²) in [7, 11) is 0. The van der Waals surface area contributed by atoms with Crippen molar-refractivity contribution in [1.82, 2.24) is 9.97 Å². The Morgan fingerprint density at radius 2 is 2.24 bits per heavy atom. The first kappa shape index (κ1) is 10.0. The van der Waals surface area contributed by atoms with Crippen molar-refractivity contribution in [1.29, 1.82) is 0 Å². The lowest BCUT2D eigenvalue weighted by molar-refractivity contribution is 0.104. The number of thiophene rings is 1. The van der Waals surface area contributed by atoms with E-state index in [1.54, 1.807) is 18.2 Å². The number of carbonyl (C=O) groups excluding carboxylic acids is 1. The normalized spacial score (nSPS) is 10.8. The maximum absolute atomic E-state index is 12.1. The zero-order valence-electron chi connectivity index (χ0n) is 8.81. The van der Waals surface area contributed by atoms with Gasteiger partial charge < -0.3 is 10.7 Å². The zero-order chi connectivity index (χ0) is 11.8. The summed E-state index contributed by atoms with van der Waals surface area (Å²) in [4.78, 5) is 19.8. The number of nitrogens with one attached hydrogen (secondary N) is 1. The molecule has 0 amide bonds. The molecule has 1 aromatic carbocycles. The van der Waals surface area contributed by atoms with Gasteiger partial charge in [-0.15, -0.1) is 11.3 Å². The fourth-order valence-electron chi connectivity index (χ4n) is 1.72. The van der Waals surface area contributed by atoms with Crippen molar-refractivity contribution in [3.05, 3.63) is 46.2 Å². The molecule has 2 heterocycles. The number of carbonyl (C=O) groups is 1. The minimum absolute atomic E-state index is 0.0232. The lowest BCUT2D eigenvalue weighted by Crippen LogP contribution is -1.97. The second-order valence-electron chi connectivity index (χ2n) is 3.66. The van der Waals surface area contributed by atoms with E-state index >= 15 is 0 Å². The van der Waals surface area contributed by atoms with Gasteiger partial charge in [0.25, 0.3) is 0 Å². The van der Waals surface area contributed by atoms with Crippen molar-refractivity contribution in [3.63, 3.8) is 0 Å². The van der Waals surface area contributed by atoms with Crippen LogP contribution in [-0.4, -0.2) is 15.8 Å². The van der Waals surface area contributed by atoms with E-state index in [-0.39, 0.29) is 5.78 Å². The van der Waals surface area contributed by atoms with Gasteiger partial charge in [-0.2, -0.15) is 0 Å². The van der Waals surface area contributed by atoms with Crippen LogP contribution in [0.2, 0.25) is 0 Å². The fourth-order valence-corrected chi connectivity index (χ4v) is 2.41. The van der Waals surface area contributed by atoms with Crippen molar-refractivity contribution in [2.24, 2.45) is 0 Å². The number of rotatable bonds is 2. The average Bonchev–Trinajstić information content (AvgIpc) is 2.94. The van der Waals surface area contributed by atoms with E-state index in [9.17, 15) is 4.79 Å². The summed E-state index contributed by atoms with van der Waals surface area (Å²) in [6.45, 7) is 0. The number of anilines is 1. The minimum Gasteiger partial charge on any atom is -0.369 e. The third-order valence-electron chi connectivity index (χ3n) is 2.51. The Labute approximate surface area is 101 Å². The van der Waals surface area contributed by atoms with Gasteiger partial charge in [0.05, 0.1) is 15.9 Å². The Morgan fingerprint density at radius 3 is 3.00 bits per heavy atom. The highest BCUT2D eigenvalue weighted by atomic mass is 32.1. The molecule has 0 aliphatic heterocycles. The van der Waals surface area contributed by atoms with E-state index in [1.165, 1.54) is 11.3 Å². The molecule has 17 heavy (non-hydrogen) atoms. The number of imidazole rings is 1. The number of fused-ring (bicyclic) bond motifs is 1. The van der Waals surface area contributed by atoms with Crippen molar-refractivity contribution < 1.29 is 4.79 Å². The molecule has 84 valence electrons. The van der Waals surface area contributed by atoms with Gasteiger partial charge in [0, 0.05) is 5.56 Å². The summed E-state index contributed by atoms with van der Waals surface area (Å²) < 4.78 is 0. The highest BCUT2D eigenvalue weighted by Gasteiger charge is 2.11. The van der Waals surface area contributed by atoms with Crippen LogP contribution in [0, 0.1) is 0 Å². The molecule has 0 aliphatic carbocycles. The summed E-state index contributed by atoms with van der Waals surface area (Å²) in [5.74, 6) is 0.385. The van der Waals surface area contributed by atoms with Crippen molar-refractivity contribution in [2.75, 3.05) is 5.73 Å². The topological polar surface area (TPSA) is 71.8 Å². The Balaban J connectivity index is 2.09. The number of ketones is 1. The number of hydrogen-bond donors (Lipinski definition) is 2. The highest BCUT2D eigenvalue weighted by Crippen LogP contribution is 2.19. The van der Waals surface area contributed by atoms with Crippen LogP contribution < -0.4 is 5.73 Å². The molecule has 0 fully saturated rings. The zero-order valence-corrected chi connectivity index (χ0v) is 9.62. The third kappa shape index (κ3) is 1.70. The second kappa shape index (κ2) is 3.71. The molecule has 0 bridgehead atoms. The van der Waals surface area contributed by atoms with Crippen LogP contribution >= 0.6 is 11.3 Å². The van der Waals surface area contributed by atoms with Gasteiger partial charge in [0.2, 0.25) is 5.78 Å². The standard InChI is InChI=1S/C12H9N3OS/c13-12-14-8-4-3-7(6-9(8)15-12)11(16)10-2-1-5-17-10/h1-6H,(H3,13,14,15). The molecule has 3 rings (SSSR count). The summed E-state index contributed by atoms with van der Waals surface area (Å²) in [6, 6.07) is 9.03.